The van der Waals surface area contributed by atoms with E-state index in [1.165, 1.54) is 0 Å². The first-order chi connectivity index (χ1) is 10.2. The van der Waals surface area contributed by atoms with Crippen molar-refractivity contribution in [2.45, 2.75) is 96.7 Å². The number of esters is 1. The number of aliphatic hydroxyl groups is 1. The second-order valence-electron chi connectivity index (χ2n) is 6.46. The van der Waals surface area contributed by atoms with E-state index < -0.39 is 23.1 Å². The lowest BCUT2D eigenvalue weighted by Crippen LogP contribution is -2.38. The summed E-state index contributed by atoms with van der Waals surface area (Å²) in [6.45, 7) is 7.54. The molecule has 0 amide bonds. The van der Waals surface area contributed by atoms with Crippen LogP contribution >= 0.6 is 0 Å². The first-order valence-electron chi connectivity index (χ1n) is 8.36. The van der Waals surface area contributed by atoms with Gasteiger partial charge in [0.2, 0.25) is 0 Å². The highest BCUT2D eigenvalue weighted by atomic mass is 16.6. The summed E-state index contributed by atoms with van der Waals surface area (Å²) in [6, 6.07) is 0. The molecule has 0 aliphatic carbocycles. The van der Waals surface area contributed by atoms with Crippen LogP contribution in [0.25, 0.3) is 0 Å². The highest BCUT2D eigenvalue weighted by Crippen LogP contribution is 2.28. The Labute approximate surface area is 134 Å². The Hall–Kier alpha value is -1.10. The molecule has 0 saturated carbocycles. The minimum absolute atomic E-state index is 0.0785. The van der Waals surface area contributed by atoms with Crippen molar-refractivity contribution in [3.8, 4) is 0 Å². The third-order valence-corrected chi connectivity index (χ3v) is 4.07. The number of hydrogen-bond donors (Lipinski definition) is 2. The molecule has 0 radical (unpaired) electrons. The minimum Gasteiger partial charge on any atom is -0.481 e. The standard InChI is InChI=1S/C17H32O5/c1-5-8-10-16(4,12-14(18)19)22-15(20)13-17(21,7-3)11-9-6-2/h21H,5-13H2,1-4H3,(H,18,19). The summed E-state index contributed by atoms with van der Waals surface area (Å²) in [5.41, 5.74) is -2.06. The molecular formula is C17H32O5. The van der Waals surface area contributed by atoms with Gasteiger partial charge in [-0.1, -0.05) is 40.0 Å². The molecule has 0 bridgehead atoms. The Balaban J connectivity index is 4.75. The van der Waals surface area contributed by atoms with Crippen molar-refractivity contribution in [1.29, 1.82) is 0 Å². The van der Waals surface area contributed by atoms with Gasteiger partial charge in [-0.05, 0) is 32.6 Å². The average Bonchev–Trinajstić information content (AvgIpc) is 2.41. The number of carbonyl (C=O) groups excluding carboxylic acids is 1. The van der Waals surface area contributed by atoms with Gasteiger partial charge in [-0.15, -0.1) is 0 Å². The van der Waals surface area contributed by atoms with Gasteiger partial charge in [-0.25, -0.2) is 0 Å². The van der Waals surface area contributed by atoms with Crippen molar-refractivity contribution in [2.24, 2.45) is 0 Å². The monoisotopic (exact) mass is 316 g/mol. The van der Waals surface area contributed by atoms with Crippen molar-refractivity contribution in [2.75, 3.05) is 0 Å². The SMILES string of the molecule is CCCCC(O)(CC)CC(=O)OC(C)(CCCC)CC(=O)O. The molecule has 0 aromatic heterocycles. The molecule has 2 atom stereocenters. The van der Waals surface area contributed by atoms with E-state index in [2.05, 4.69) is 0 Å². The Morgan fingerprint density at radius 3 is 2.00 bits per heavy atom. The molecule has 0 heterocycles. The zero-order valence-corrected chi connectivity index (χ0v) is 14.5. The van der Waals surface area contributed by atoms with Crippen LogP contribution in [0.2, 0.25) is 0 Å². The van der Waals surface area contributed by atoms with E-state index in [1.807, 2.05) is 20.8 Å². The maximum atomic E-state index is 12.2. The predicted octanol–water partition coefficient (Wildman–Crippen LogP) is 3.67. The molecule has 130 valence electrons. The van der Waals surface area contributed by atoms with Crippen molar-refractivity contribution >= 4 is 11.9 Å². The molecule has 0 rings (SSSR count). The lowest BCUT2D eigenvalue weighted by Gasteiger charge is -2.31. The average molecular weight is 316 g/mol. The summed E-state index contributed by atoms with van der Waals surface area (Å²) >= 11 is 0. The zero-order chi connectivity index (χ0) is 17.2. The lowest BCUT2D eigenvalue weighted by atomic mass is 9.90. The van der Waals surface area contributed by atoms with Crippen molar-refractivity contribution in [3.63, 3.8) is 0 Å². The molecule has 5 nitrogen and oxygen atoms in total. The van der Waals surface area contributed by atoms with E-state index in [0.717, 1.165) is 25.7 Å². The van der Waals surface area contributed by atoms with Crippen LogP contribution in [0.15, 0.2) is 0 Å². The van der Waals surface area contributed by atoms with Crippen LogP contribution in [0.3, 0.4) is 0 Å². The van der Waals surface area contributed by atoms with Gasteiger partial charge in [0.1, 0.15) is 5.60 Å². The zero-order valence-electron chi connectivity index (χ0n) is 14.5. The van der Waals surface area contributed by atoms with Gasteiger partial charge in [-0.3, -0.25) is 9.59 Å². The van der Waals surface area contributed by atoms with Gasteiger partial charge >= 0.3 is 11.9 Å². The molecule has 0 fully saturated rings. The van der Waals surface area contributed by atoms with Crippen LogP contribution in [0.4, 0.5) is 0 Å². The van der Waals surface area contributed by atoms with E-state index >= 15 is 0 Å². The first kappa shape index (κ1) is 20.9. The largest absolute Gasteiger partial charge is 0.481 e. The maximum absolute atomic E-state index is 12.2. The smallest absolute Gasteiger partial charge is 0.309 e. The number of ether oxygens (including phenoxy) is 1. The quantitative estimate of drug-likeness (QED) is 0.537. The van der Waals surface area contributed by atoms with Gasteiger partial charge in [0, 0.05) is 0 Å². The normalized spacial score (nSPS) is 16.6. The van der Waals surface area contributed by atoms with Gasteiger partial charge in [0.25, 0.3) is 0 Å². The van der Waals surface area contributed by atoms with Crippen LogP contribution in [0.5, 0.6) is 0 Å². The maximum Gasteiger partial charge on any atom is 0.309 e. The third kappa shape index (κ3) is 8.37. The molecule has 22 heavy (non-hydrogen) atoms. The third-order valence-electron chi connectivity index (χ3n) is 4.07. The van der Waals surface area contributed by atoms with Crippen LogP contribution in [-0.4, -0.2) is 33.4 Å². The van der Waals surface area contributed by atoms with Gasteiger partial charge < -0.3 is 14.9 Å². The van der Waals surface area contributed by atoms with Gasteiger partial charge in [0.05, 0.1) is 18.4 Å². The molecule has 0 saturated heterocycles. The lowest BCUT2D eigenvalue weighted by molar-refractivity contribution is -0.168. The van der Waals surface area contributed by atoms with Crippen LogP contribution in [0, 0.1) is 0 Å². The fraction of sp³-hybridized carbons (Fsp3) is 0.882. The van der Waals surface area contributed by atoms with E-state index in [9.17, 15) is 14.7 Å². The number of carbonyl (C=O) groups is 2. The number of unbranched alkanes of at least 4 members (excludes halogenated alkanes) is 2. The molecule has 2 N–H and O–H groups in total. The molecule has 0 aromatic rings. The van der Waals surface area contributed by atoms with Crippen LogP contribution < -0.4 is 0 Å². The topological polar surface area (TPSA) is 83.8 Å². The summed E-state index contributed by atoms with van der Waals surface area (Å²) < 4.78 is 5.45. The summed E-state index contributed by atoms with van der Waals surface area (Å²) in [5, 5.41) is 19.5. The predicted molar refractivity (Wildman–Crippen MR) is 85.7 cm³/mol. The fourth-order valence-corrected chi connectivity index (χ4v) is 2.52. The highest BCUT2D eigenvalue weighted by molar-refractivity contribution is 5.73. The Morgan fingerprint density at radius 2 is 1.55 bits per heavy atom. The first-order valence-corrected chi connectivity index (χ1v) is 8.36. The Kier molecular flexibility index (Phi) is 9.33. The van der Waals surface area contributed by atoms with Gasteiger partial charge in [-0.2, -0.15) is 0 Å². The molecule has 0 aliphatic rings. The fourth-order valence-electron chi connectivity index (χ4n) is 2.52. The molecule has 0 aliphatic heterocycles. The Bertz CT molecular complexity index is 355. The number of aliphatic carboxylic acids is 1. The van der Waals surface area contributed by atoms with E-state index in [0.29, 0.717) is 19.3 Å². The van der Waals surface area contributed by atoms with Crippen LogP contribution in [0.1, 0.15) is 85.5 Å². The second kappa shape index (κ2) is 9.82. The van der Waals surface area contributed by atoms with E-state index in [-0.39, 0.29) is 12.8 Å². The summed E-state index contributed by atoms with van der Waals surface area (Å²) in [7, 11) is 0. The van der Waals surface area contributed by atoms with E-state index in [4.69, 9.17) is 9.84 Å². The van der Waals surface area contributed by atoms with E-state index in [1.54, 1.807) is 6.92 Å². The second-order valence-corrected chi connectivity index (χ2v) is 6.46. The summed E-state index contributed by atoms with van der Waals surface area (Å²) in [6.07, 6.45) is 4.76. The highest BCUT2D eigenvalue weighted by Gasteiger charge is 2.35. The van der Waals surface area contributed by atoms with Crippen molar-refractivity contribution < 1.29 is 24.5 Å². The van der Waals surface area contributed by atoms with Crippen molar-refractivity contribution in [1.82, 2.24) is 0 Å². The van der Waals surface area contributed by atoms with Crippen molar-refractivity contribution in [3.05, 3.63) is 0 Å². The summed E-state index contributed by atoms with van der Waals surface area (Å²) in [5.74, 6) is -1.50. The summed E-state index contributed by atoms with van der Waals surface area (Å²) in [4.78, 5) is 23.2. The number of carboxylic acids is 1. The van der Waals surface area contributed by atoms with Gasteiger partial charge in [0.15, 0.2) is 0 Å². The molecule has 5 heteroatoms. The Morgan fingerprint density at radius 1 is 1.00 bits per heavy atom. The van der Waals surface area contributed by atoms with Crippen LogP contribution in [-0.2, 0) is 14.3 Å². The molecule has 2 unspecified atom stereocenters. The number of hydrogen-bond acceptors (Lipinski definition) is 4. The number of carboxylic acid groups (broad SMARTS) is 1. The minimum atomic E-state index is -1.05. The molecular weight excluding hydrogens is 284 g/mol. The number of rotatable bonds is 12. The molecule has 0 spiro atoms. The molecule has 0 aromatic carbocycles.